The van der Waals surface area contributed by atoms with Gasteiger partial charge in [0.1, 0.15) is 15.9 Å². The summed E-state index contributed by atoms with van der Waals surface area (Å²) in [5, 5.41) is 8.15. The van der Waals surface area contributed by atoms with Gasteiger partial charge in [0, 0.05) is 23.7 Å². The minimum atomic E-state index is 0.587. The van der Waals surface area contributed by atoms with Gasteiger partial charge in [0.2, 0.25) is 0 Å². The quantitative estimate of drug-likeness (QED) is 0.568. The Morgan fingerprint density at radius 3 is 2.54 bits per heavy atom. The third kappa shape index (κ3) is 2.81. The molecule has 0 saturated carbocycles. The topological polar surface area (TPSA) is 54.5 Å². The highest BCUT2D eigenvalue weighted by atomic mass is 32.1. The average Bonchev–Trinajstić information content (AvgIpc) is 2.64. The van der Waals surface area contributed by atoms with E-state index in [4.69, 9.17) is 17.2 Å². The summed E-state index contributed by atoms with van der Waals surface area (Å²) in [6, 6.07) is 20.0. The molecule has 0 bridgehead atoms. The van der Waals surface area contributed by atoms with Crippen LogP contribution in [-0.4, -0.2) is 20.2 Å². The van der Waals surface area contributed by atoms with E-state index >= 15 is 0 Å². The number of nitrogens with zero attached hydrogens (tertiary/aromatic N) is 3. The second-order valence-electron chi connectivity index (χ2n) is 5.48. The zero-order valence-corrected chi connectivity index (χ0v) is 13.6. The Morgan fingerprint density at radius 1 is 0.917 bits per heavy atom. The summed E-state index contributed by atoms with van der Waals surface area (Å²) in [4.78, 5) is 9.20. The van der Waals surface area contributed by atoms with Crippen LogP contribution >= 0.6 is 12.2 Å². The Morgan fingerprint density at radius 2 is 1.75 bits per heavy atom. The number of H-pyrrole nitrogens is 1. The first-order valence-corrected chi connectivity index (χ1v) is 8.06. The molecule has 0 radical (unpaired) electrons. The lowest BCUT2D eigenvalue weighted by atomic mass is 10.1. The molecule has 0 aliphatic heterocycles. The first kappa shape index (κ1) is 14.7. The maximum Gasteiger partial charge on any atom is 0.135 e. The highest BCUT2D eigenvalue weighted by Crippen LogP contribution is 2.24. The molecule has 4 aromatic rings. The van der Waals surface area contributed by atoms with E-state index in [2.05, 4.69) is 27.3 Å². The van der Waals surface area contributed by atoms with Gasteiger partial charge in [0.05, 0.1) is 5.69 Å². The number of rotatable bonds is 3. The van der Waals surface area contributed by atoms with Gasteiger partial charge in [0.15, 0.2) is 0 Å². The summed E-state index contributed by atoms with van der Waals surface area (Å²) in [7, 11) is 0. The van der Waals surface area contributed by atoms with Crippen molar-refractivity contribution in [1.29, 1.82) is 0 Å². The van der Waals surface area contributed by atoms with Crippen molar-refractivity contribution in [2.45, 2.75) is 6.42 Å². The molecule has 5 heteroatoms. The molecule has 0 amide bonds. The molecule has 4 nitrogen and oxygen atoms in total. The zero-order valence-electron chi connectivity index (χ0n) is 12.8. The number of pyridine rings is 2. The second-order valence-corrected chi connectivity index (χ2v) is 5.89. The maximum atomic E-state index is 5.36. The Hall–Kier alpha value is -2.92. The first-order valence-electron chi connectivity index (χ1n) is 7.65. The molecule has 1 N–H and O–H groups in total. The lowest BCUT2D eigenvalue weighted by Gasteiger charge is -2.07. The van der Waals surface area contributed by atoms with Gasteiger partial charge in [-0.15, -0.1) is 0 Å². The molecule has 24 heavy (non-hydrogen) atoms. The van der Waals surface area contributed by atoms with E-state index < -0.39 is 0 Å². The molecule has 0 aliphatic rings. The van der Waals surface area contributed by atoms with E-state index in [-0.39, 0.29) is 0 Å². The van der Waals surface area contributed by atoms with Crippen LogP contribution in [0.2, 0.25) is 0 Å². The van der Waals surface area contributed by atoms with Crippen molar-refractivity contribution < 1.29 is 0 Å². The van der Waals surface area contributed by atoms with Crippen molar-refractivity contribution in [2.24, 2.45) is 0 Å². The lowest BCUT2D eigenvalue weighted by molar-refractivity contribution is 1.02. The van der Waals surface area contributed by atoms with Crippen LogP contribution in [0.25, 0.3) is 22.3 Å². The van der Waals surface area contributed by atoms with Crippen LogP contribution in [0.5, 0.6) is 0 Å². The number of aromatic amines is 1. The van der Waals surface area contributed by atoms with Gasteiger partial charge in [0.25, 0.3) is 0 Å². The summed E-state index contributed by atoms with van der Waals surface area (Å²) < 4.78 is 0.587. The van der Waals surface area contributed by atoms with Gasteiger partial charge in [-0.2, -0.15) is 5.10 Å². The lowest BCUT2D eigenvalue weighted by Crippen LogP contribution is -1.98. The third-order valence-electron chi connectivity index (χ3n) is 3.83. The molecule has 116 valence electrons. The molecule has 0 saturated heterocycles. The van der Waals surface area contributed by atoms with E-state index in [1.54, 1.807) is 6.20 Å². The monoisotopic (exact) mass is 330 g/mol. The van der Waals surface area contributed by atoms with Crippen LogP contribution in [0.15, 0.2) is 66.9 Å². The van der Waals surface area contributed by atoms with Crippen molar-refractivity contribution in [1.82, 2.24) is 20.2 Å². The van der Waals surface area contributed by atoms with Crippen LogP contribution in [0.3, 0.4) is 0 Å². The van der Waals surface area contributed by atoms with Crippen molar-refractivity contribution in [2.75, 3.05) is 0 Å². The summed E-state index contributed by atoms with van der Waals surface area (Å²) >= 11 is 5.36. The number of hydrogen-bond donors (Lipinski definition) is 1. The molecule has 0 spiro atoms. The number of benzene rings is 1. The summed E-state index contributed by atoms with van der Waals surface area (Å²) in [6.45, 7) is 0. The first-order chi connectivity index (χ1) is 11.8. The average molecular weight is 330 g/mol. The minimum Gasteiger partial charge on any atom is -0.266 e. The molecule has 1 aromatic carbocycles. The summed E-state index contributed by atoms with van der Waals surface area (Å²) in [5.41, 5.74) is 4.48. The van der Waals surface area contributed by atoms with E-state index in [1.165, 1.54) is 5.56 Å². The Kier molecular flexibility index (Phi) is 3.84. The fourth-order valence-electron chi connectivity index (χ4n) is 2.67. The molecule has 0 atom stereocenters. The number of fused-ring (bicyclic) bond motifs is 1. The number of nitrogens with one attached hydrogen (secondary N) is 1. The van der Waals surface area contributed by atoms with Gasteiger partial charge in [-0.25, -0.2) is 4.98 Å². The molecule has 3 aromatic heterocycles. The van der Waals surface area contributed by atoms with Crippen LogP contribution in [0.4, 0.5) is 0 Å². The Labute approximate surface area is 144 Å². The number of aromatic nitrogens is 4. The highest BCUT2D eigenvalue weighted by Gasteiger charge is 2.11. The van der Waals surface area contributed by atoms with Gasteiger partial charge in [-0.1, -0.05) is 48.6 Å². The van der Waals surface area contributed by atoms with Crippen LogP contribution in [-0.2, 0) is 6.42 Å². The fourth-order valence-corrected chi connectivity index (χ4v) is 2.88. The van der Waals surface area contributed by atoms with Gasteiger partial charge >= 0.3 is 0 Å². The van der Waals surface area contributed by atoms with E-state index in [0.717, 1.165) is 28.7 Å². The molecule has 0 aliphatic carbocycles. The Balaban J connectivity index is 1.87. The Bertz CT molecular complexity index is 1040. The summed E-state index contributed by atoms with van der Waals surface area (Å²) in [5.74, 6) is 0. The number of hydrogen-bond acceptors (Lipinski definition) is 4. The van der Waals surface area contributed by atoms with Crippen molar-refractivity contribution in [3.8, 4) is 11.4 Å². The molecule has 3 heterocycles. The van der Waals surface area contributed by atoms with Crippen LogP contribution in [0, 0.1) is 4.64 Å². The molecular weight excluding hydrogens is 316 g/mol. The molecule has 0 fully saturated rings. The summed E-state index contributed by atoms with van der Waals surface area (Å²) in [6.07, 6.45) is 2.52. The van der Waals surface area contributed by atoms with E-state index in [1.807, 2.05) is 48.5 Å². The maximum absolute atomic E-state index is 5.36. The van der Waals surface area contributed by atoms with Gasteiger partial charge in [-0.3, -0.25) is 10.1 Å². The molecular formula is C19H14N4S. The second kappa shape index (κ2) is 6.29. The smallest absolute Gasteiger partial charge is 0.135 e. The normalized spacial score (nSPS) is 10.8. The minimum absolute atomic E-state index is 0.587. The fraction of sp³-hybridized carbons (Fsp3) is 0.0526. The van der Waals surface area contributed by atoms with Gasteiger partial charge < -0.3 is 0 Å². The third-order valence-corrected chi connectivity index (χ3v) is 4.14. The van der Waals surface area contributed by atoms with E-state index in [9.17, 15) is 0 Å². The largest absolute Gasteiger partial charge is 0.266 e. The van der Waals surface area contributed by atoms with Crippen LogP contribution in [0.1, 0.15) is 11.3 Å². The van der Waals surface area contributed by atoms with Crippen LogP contribution < -0.4 is 0 Å². The van der Waals surface area contributed by atoms with Crippen molar-refractivity contribution in [3.63, 3.8) is 0 Å². The standard InChI is InChI=1S/C19H14N4S/c24-19-15-10-9-14(12-13-6-2-1-3-7-13)21-17(15)18(22-23-19)16-8-4-5-11-20-16/h1-11H,12H2,(H,23,24). The predicted molar refractivity (Wildman–Crippen MR) is 97.2 cm³/mol. The van der Waals surface area contributed by atoms with Crippen molar-refractivity contribution in [3.05, 3.63) is 82.8 Å². The molecule has 0 unspecified atom stereocenters. The van der Waals surface area contributed by atoms with E-state index in [0.29, 0.717) is 10.3 Å². The van der Waals surface area contributed by atoms with Crippen molar-refractivity contribution >= 4 is 23.1 Å². The SMILES string of the molecule is S=c1[nH]nc(-c2ccccn2)c2nc(Cc3ccccc3)ccc12. The molecule has 4 rings (SSSR count). The van der Waals surface area contributed by atoms with Gasteiger partial charge in [-0.05, 0) is 29.8 Å². The zero-order chi connectivity index (χ0) is 16.4. The highest BCUT2D eigenvalue weighted by molar-refractivity contribution is 7.71. The predicted octanol–water partition coefficient (Wildman–Crippen LogP) is 4.34.